The number of amides is 6. The van der Waals surface area contributed by atoms with Gasteiger partial charge in [0.05, 0.1) is 6.04 Å². The van der Waals surface area contributed by atoms with Crippen LogP contribution in [0.15, 0.2) is 45.3 Å². The van der Waals surface area contributed by atoms with Crippen LogP contribution in [-0.4, -0.2) is 121 Å². The van der Waals surface area contributed by atoms with Gasteiger partial charge < -0.3 is 72.0 Å². The Bertz CT molecular complexity index is 1590. The normalized spacial score (nSPS) is 16.0. The molecule has 1 fully saturated rings. The molecule has 6 unspecified atom stereocenters. The van der Waals surface area contributed by atoms with Crippen LogP contribution < -0.4 is 67.1 Å². The number of hydrogen-bond donors (Lipinski definition) is 12. The Morgan fingerprint density at radius 3 is 1.75 bits per heavy atom. The largest absolute Gasteiger partial charge is 0.370 e. The zero-order valence-corrected chi connectivity index (χ0v) is 32.4. The molecule has 0 saturated carbocycles. The second kappa shape index (κ2) is 24.3. The molecule has 316 valence electrons. The van der Waals surface area contributed by atoms with Crippen molar-refractivity contribution in [1.82, 2.24) is 26.2 Å². The molecular formula is C35H60N16O6. The van der Waals surface area contributed by atoms with Gasteiger partial charge in [-0.3, -0.25) is 43.7 Å². The van der Waals surface area contributed by atoms with E-state index in [1.165, 1.54) is 11.8 Å². The first kappa shape index (κ1) is 47.0. The van der Waals surface area contributed by atoms with E-state index in [0.29, 0.717) is 12.8 Å². The van der Waals surface area contributed by atoms with Crippen LogP contribution >= 0.6 is 0 Å². The highest BCUT2D eigenvalue weighted by Gasteiger charge is 2.39. The van der Waals surface area contributed by atoms with Gasteiger partial charge in [-0.15, -0.1) is 0 Å². The van der Waals surface area contributed by atoms with Gasteiger partial charge in [-0.25, -0.2) is 0 Å². The van der Waals surface area contributed by atoms with Gasteiger partial charge in [-0.1, -0.05) is 30.3 Å². The third-order valence-electron chi connectivity index (χ3n) is 8.98. The van der Waals surface area contributed by atoms with Gasteiger partial charge >= 0.3 is 0 Å². The highest BCUT2D eigenvalue weighted by Crippen LogP contribution is 2.20. The van der Waals surface area contributed by atoms with E-state index in [9.17, 15) is 28.8 Å². The first-order valence-corrected chi connectivity index (χ1v) is 18.8. The number of hydrogen-bond acceptors (Lipinski definition) is 10. The zero-order chi connectivity index (χ0) is 42.5. The molecule has 0 bridgehead atoms. The fraction of sp³-hybridized carbons (Fsp3) is 0.571. The minimum absolute atomic E-state index is 0.0822. The second-order valence-electron chi connectivity index (χ2n) is 13.6. The maximum absolute atomic E-state index is 14.1. The molecule has 22 nitrogen and oxygen atoms in total. The molecule has 57 heavy (non-hydrogen) atoms. The van der Waals surface area contributed by atoms with Gasteiger partial charge in [-0.2, -0.15) is 0 Å². The van der Waals surface area contributed by atoms with Crippen molar-refractivity contribution in [3.05, 3.63) is 35.9 Å². The Morgan fingerprint density at radius 2 is 1.21 bits per heavy atom. The van der Waals surface area contributed by atoms with Crippen molar-refractivity contribution < 1.29 is 28.8 Å². The van der Waals surface area contributed by atoms with Crippen LogP contribution in [0.3, 0.4) is 0 Å². The molecule has 22 heteroatoms. The molecule has 20 N–H and O–H groups in total. The summed E-state index contributed by atoms with van der Waals surface area (Å²) in [6, 6.07) is 2.53. The Hall–Kier alpha value is -6.19. The van der Waals surface area contributed by atoms with Crippen LogP contribution in [0.1, 0.15) is 63.9 Å². The summed E-state index contributed by atoms with van der Waals surface area (Å²) in [5.41, 5.74) is 44.8. The van der Waals surface area contributed by atoms with Gasteiger partial charge in [0.25, 0.3) is 0 Å². The number of nitrogens with one attached hydrogen (secondary N) is 4. The van der Waals surface area contributed by atoms with Crippen molar-refractivity contribution in [1.29, 1.82) is 0 Å². The topological polar surface area (TPSA) is 399 Å². The van der Waals surface area contributed by atoms with E-state index < -0.39 is 71.7 Å². The van der Waals surface area contributed by atoms with Crippen molar-refractivity contribution >= 4 is 53.3 Å². The number of rotatable bonds is 24. The van der Waals surface area contributed by atoms with E-state index in [1.54, 1.807) is 24.3 Å². The lowest BCUT2D eigenvalue weighted by Gasteiger charge is -2.30. The molecule has 1 aromatic rings. The predicted octanol–water partition coefficient (Wildman–Crippen LogP) is -4.85. The predicted molar refractivity (Wildman–Crippen MR) is 215 cm³/mol. The van der Waals surface area contributed by atoms with Gasteiger partial charge in [-0.05, 0) is 63.9 Å². The van der Waals surface area contributed by atoms with Gasteiger partial charge in [0.2, 0.25) is 35.4 Å². The molecular weight excluding hydrogens is 740 g/mol. The van der Waals surface area contributed by atoms with Crippen molar-refractivity contribution in [3.63, 3.8) is 0 Å². The highest BCUT2D eigenvalue weighted by molar-refractivity contribution is 5.96. The minimum Gasteiger partial charge on any atom is -0.370 e. The van der Waals surface area contributed by atoms with E-state index in [-0.39, 0.29) is 89.0 Å². The summed E-state index contributed by atoms with van der Waals surface area (Å²) in [6.45, 7) is 2.20. The van der Waals surface area contributed by atoms with E-state index in [0.717, 1.165) is 5.56 Å². The van der Waals surface area contributed by atoms with Crippen molar-refractivity contribution in [2.45, 2.75) is 101 Å². The van der Waals surface area contributed by atoms with Crippen molar-refractivity contribution in [2.24, 2.45) is 60.8 Å². The third-order valence-corrected chi connectivity index (χ3v) is 8.98. The summed E-state index contributed by atoms with van der Waals surface area (Å²) in [6.07, 6.45) is 2.24. The smallest absolute Gasteiger partial charge is 0.245 e. The average Bonchev–Trinajstić information content (AvgIpc) is 3.65. The molecule has 1 aliphatic heterocycles. The van der Waals surface area contributed by atoms with Gasteiger partial charge in [0.1, 0.15) is 30.2 Å². The van der Waals surface area contributed by atoms with E-state index in [1.807, 2.05) is 6.07 Å². The third kappa shape index (κ3) is 17.4. The van der Waals surface area contributed by atoms with E-state index in [2.05, 4.69) is 36.2 Å². The van der Waals surface area contributed by atoms with E-state index >= 15 is 0 Å². The summed E-state index contributed by atoms with van der Waals surface area (Å²) < 4.78 is 0. The van der Waals surface area contributed by atoms with Crippen molar-refractivity contribution in [3.8, 4) is 0 Å². The first-order chi connectivity index (χ1) is 27.0. The molecule has 1 aliphatic rings. The number of carbonyl (C=O) groups is 6. The second-order valence-corrected chi connectivity index (χ2v) is 13.6. The lowest BCUT2D eigenvalue weighted by atomic mass is 10.0. The van der Waals surface area contributed by atoms with Crippen LogP contribution in [-0.2, 0) is 35.2 Å². The summed E-state index contributed by atoms with van der Waals surface area (Å²) in [7, 11) is 0. The lowest BCUT2D eigenvalue weighted by Crippen LogP contribution is -2.59. The Labute approximate surface area is 331 Å². The fourth-order valence-electron chi connectivity index (χ4n) is 5.98. The number of benzene rings is 1. The summed E-state index contributed by atoms with van der Waals surface area (Å²) in [5, 5.41) is 10.6. The molecule has 1 heterocycles. The molecule has 0 spiro atoms. The number of likely N-dealkylation sites (tertiary alicyclic amines) is 1. The number of nitrogens with zero attached hydrogens (tertiary/aromatic N) is 4. The van der Waals surface area contributed by atoms with Crippen LogP contribution in [0, 0.1) is 0 Å². The molecule has 0 aromatic heterocycles. The lowest BCUT2D eigenvalue weighted by molar-refractivity contribution is -0.142. The first-order valence-electron chi connectivity index (χ1n) is 18.8. The minimum atomic E-state index is -1.15. The number of aliphatic imine (C=N–C) groups is 3. The van der Waals surface area contributed by atoms with Crippen LogP contribution in [0.2, 0.25) is 0 Å². The average molecular weight is 801 g/mol. The molecule has 6 amide bonds. The van der Waals surface area contributed by atoms with E-state index in [4.69, 9.17) is 45.9 Å². The Kier molecular flexibility index (Phi) is 20.1. The number of guanidine groups is 3. The van der Waals surface area contributed by atoms with Gasteiger partial charge in [0.15, 0.2) is 17.9 Å². The monoisotopic (exact) mass is 800 g/mol. The number of carbonyl (C=O) groups excluding carboxylic acids is 6. The summed E-state index contributed by atoms with van der Waals surface area (Å²) in [4.78, 5) is 93.0. The summed E-state index contributed by atoms with van der Waals surface area (Å²) in [5.74, 6) is -4.27. The Balaban J connectivity index is 2.22. The van der Waals surface area contributed by atoms with Crippen LogP contribution in [0.4, 0.5) is 0 Å². The molecule has 1 saturated heterocycles. The van der Waals surface area contributed by atoms with Crippen LogP contribution in [0.5, 0.6) is 0 Å². The van der Waals surface area contributed by atoms with Crippen molar-refractivity contribution in [2.75, 3.05) is 26.2 Å². The van der Waals surface area contributed by atoms with Crippen LogP contribution in [0.25, 0.3) is 0 Å². The molecule has 1 aromatic carbocycles. The molecule has 0 radical (unpaired) electrons. The summed E-state index contributed by atoms with van der Waals surface area (Å²) >= 11 is 0. The quantitative estimate of drug-likeness (QED) is 0.0266. The Morgan fingerprint density at radius 1 is 0.684 bits per heavy atom. The molecule has 0 aliphatic carbocycles. The molecule has 2 rings (SSSR count). The number of nitrogens with two attached hydrogens (primary N) is 8. The SMILES string of the molecule is CC(NC(=O)C(N)CCCN=C(N)N)C(=O)NC(CCCN=C(N)N)C(=O)N1CCCC1C(=O)NC(CCCN=C(N)N)C(=O)NC(Cc1ccccc1)C(N)=O. The zero-order valence-electron chi connectivity index (χ0n) is 32.4. The number of primary amides is 1. The standard InChI is InChI=1S/C35H60N16O6/c1-20(47-29(54)22(36)11-5-15-44-33(38)39)28(53)49-24(13-7-17-46-35(42)43)32(57)51-18-8-14-26(51)31(56)48-23(12-6-16-45-34(40)41)30(55)50-25(27(37)52)19-21-9-3-2-4-10-21/h2-4,9-10,20,22-26H,5-8,11-19,36H2,1H3,(H2,37,52)(H,47,54)(H,48,56)(H,49,53)(H,50,55)(H4,38,39,44)(H4,40,41,45)(H4,42,43,46). The van der Waals surface area contributed by atoms with Gasteiger partial charge in [0, 0.05) is 32.6 Å². The molecule has 6 atom stereocenters. The highest BCUT2D eigenvalue weighted by atomic mass is 16.2. The maximum atomic E-state index is 14.1. The maximum Gasteiger partial charge on any atom is 0.245 e. The fourth-order valence-corrected chi connectivity index (χ4v) is 5.98.